The Morgan fingerprint density at radius 1 is 1.23 bits per heavy atom. The van der Waals surface area contributed by atoms with E-state index in [1.54, 1.807) is 0 Å². The van der Waals surface area contributed by atoms with Crippen molar-refractivity contribution in [2.75, 3.05) is 0 Å². The first-order valence-corrected chi connectivity index (χ1v) is 3.83. The lowest BCUT2D eigenvalue weighted by atomic mass is 9.82. The normalized spacial score (nSPS) is 14.6. The third kappa shape index (κ3) is 2.54. The van der Waals surface area contributed by atoms with Gasteiger partial charge in [-0.2, -0.15) is 0 Å². The van der Waals surface area contributed by atoms with Gasteiger partial charge in [0.2, 0.25) is 0 Å². The van der Waals surface area contributed by atoms with E-state index in [1.165, 1.54) is 13.8 Å². The number of carbonyl (C=O) groups excluding carboxylic acids is 1. The summed E-state index contributed by atoms with van der Waals surface area (Å²) in [5.74, 6) is -3.35. The third-order valence-corrected chi connectivity index (χ3v) is 2.11. The minimum absolute atomic E-state index is 0.0917. The van der Waals surface area contributed by atoms with E-state index < -0.39 is 29.6 Å². The Balaban J connectivity index is 4.67. The molecule has 0 bridgehead atoms. The summed E-state index contributed by atoms with van der Waals surface area (Å²) in [6, 6.07) is 0. The Morgan fingerprint density at radius 2 is 1.69 bits per heavy atom. The maximum atomic E-state index is 11.2. The zero-order valence-corrected chi connectivity index (χ0v) is 7.53. The molecule has 74 valence electrons. The van der Waals surface area contributed by atoms with Crippen LogP contribution in [0.15, 0.2) is 0 Å². The van der Waals surface area contributed by atoms with Gasteiger partial charge >= 0.3 is 11.9 Å². The summed E-state index contributed by atoms with van der Waals surface area (Å²) in [6.45, 7) is 2.77. The highest BCUT2D eigenvalue weighted by Crippen LogP contribution is 2.24. The van der Waals surface area contributed by atoms with Crippen molar-refractivity contribution in [1.82, 2.24) is 0 Å². The van der Waals surface area contributed by atoms with E-state index in [1.807, 2.05) is 0 Å². The van der Waals surface area contributed by atoms with Gasteiger partial charge in [0.1, 0.15) is 11.8 Å². The summed E-state index contributed by atoms with van der Waals surface area (Å²) in [7, 11) is 0. The molecule has 0 heterocycles. The molecule has 1 atom stereocenters. The number of carbonyl (C=O) groups is 3. The van der Waals surface area contributed by atoms with Crippen molar-refractivity contribution in [3.05, 3.63) is 0 Å². The standard InChI is InChI=1S/C8H12O5/c1-3-8(2,7(12)13)5(9)4-6(10)11/h3-4H2,1-2H3,(H,10,11)(H,12,13). The second-order valence-corrected chi connectivity index (χ2v) is 2.98. The molecule has 0 saturated heterocycles. The fourth-order valence-corrected chi connectivity index (χ4v) is 0.800. The highest BCUT2D eigenvalue weighted by atomic mass is 16.4. The first-order valence-electron chi connectivity index (χ1n) is 3.83. The molecule has 0 aromatic rings. The second-order valence-electron chi connectivity index (χ2n) is 2.98. The molecule has 0 aliphatic heterocycles. The number of aliphatic carboxylic acids is 2. The number of carboxylic acid groups (broad SMARTS) is 2. The van der Waals surface area contributed by atoms with E-state index >= 15 is 0 Å². The first-order chi connectivity index (χ1) is 5.84. The molecule has 0 fully saturated rings. The highest BCUT2D eigenvalue weighted by Gasteiger charge is 2.39. The van der Waals surface area contributed by atoms with Crippen molar-refractivity contribution in [1.29, 1.82) is 0 Å². The highest BCUT2D eigenvalue weighted by molar-refractivity contribution is 6.08. The van der Waals surface area contributed by atoms with Gasteiger partial charge in [-0.3, -0.25) is 14.4 Å². The van der Waals surface area contributed by atoms with Gasteiger partial charge in [-0.25, -0.2) is 0 Å². The molecular weight excluding hydrogens is 176 g/mol. The van der Waals surface area contributed by atoms with Crippen LogP contribution in [0.25, 0.3) is 0 Å². The molecule has 0 amide bonds. The summed E-state index contributed by atoms with van der Waals surface area (Å²) in [4.78, 5) is 32.0. The molecule has 2 N–H and O–H groups in total. The maximum Gasteiger partial charge on any atom is 0.316 e. The summed E-state index contributed by atoms with van der Waals surface area (Å²) in [5, 5.41) is 17.0. The first kappa shape index (κ1) is 11.6. The van der Waals surface area contributed by atoms with Crippen molar-refractivity contribution in [2.45, 2.75) is 26.7 Å². The van der Waals surface area contributed by atoms with Crippen LogP contribution in [0.1, 0.15) is 26.7 Å². The minimum atomic E-state index is -1.57. The van der Waals surface area contributed by atoms with Gasteiger partial charge in [-0.05, 0) is 13.3 Å². The van der Waals surface area contributed by atoms with E-state index in [2.05, 4.69) is 0 Å². The van der Waals surface area contributed by atoms with Crippen LogP contribution in [0.3, 0.4) is 0 Å². The van der Waals surface area contributed by atoms with Crippen molar-refractivity contribution in [2.24, 2.45) is 5.41 Å². The average molecular weight is 188 g/mol. The van der Waals surface area contributed by atoms with Gasteiger partial charge in [0.15, 0.2) is 5.78 Å². The molecule has 0 radical (unpaired) electrons. The maximum absolute atomic E-state index is 11.2. The zero-order chi connectivity index (χ0) is 10.6. The predicted molar refractivity (Wildman–Crippen MR) is 43.3 cm³/mol. The molecule has 13 heavy (non-hydrogen) atoms. The van der Waals surface area contributed by atoms with Gasteiger partial charge in [0.05, 0.1) is 0 Å². The molecule has 0 rings (SSSR count). The largest absolute Gasteiger partial charge is 0.481 e. The number of ketones is 1. The van der Waals surface area contributed by atoms with Crippen LogP contribution in [0.5, 0.6) is 0 Å². The van der Waals surface area contributed by atoms with Gasteiger partial charge in [-0.1, -0.05) is 6.92 Å². The zero-order valence-electron chi connectivity index (χ0n) is 7.53. The molecule has 0 aromatic carbocycles. The quantitative estimate of drug-likeness (QED) is 0.614. The van der Waals surface area contributed by atoms with E-state index in [-0.39, 0.29) is 6.42 Å². The van der Waals surface area contributed by atoms with Crippen LogP contribution in [0.4, 0.5) is 0 Å². The smallest absolute Gasteiger partial charge is 0.316 e. The molecule has 5 heteroatoms. The van der Waals surface area contributed by atoms with Crippen molar-refractivity contribution in [3.8, 4) is 0 Å². The van der Waals surface area contributed by atoms with Crippen LogP contribution in [-0.2, 0) is 14.4 Å². The summed E-state index contributed by atoms with van der Waals surface area (Å²) in [5.41, 5.74) is -1.57. The molecule has 0 aliphatic carbocycles. The lowest BCUT2D eigenvalue weighted by molar-refractivity contribution is -0.155. The lowest BCUT2D eigenvalue weighted by Crippen LogP contribution is -2.36. The fourth-order valence-electron chi connectivity index (χ4n) is 0.800. The molecule has 0 spiro atoms. The van der Waals surface area contributed by atoms with Crippen molar-refractivity contribution < 1.29 is 24.6 Å². The lowest BCUT2D eigenvalue weighted by Gasteiger charge is -2.19. The Labute approximate surface area is 75.4 Å². The van der Waals surface area contributed by atoms with E-state index in [9.17, 15) is 14.4 Å². The number of carboxylic acids is 2. The minimum Gasteiger partial charge on any atom is -0.481 e. The van der Waals surface area contributed by atoms with Crippen molar-refractivity contribution >= 4 is 17.7 Å². The third-order valence-electron chi connectivity index (χ3n) is 2.11. The number of rotatable bonds is 5. The monoisotopic (exact) mass is 188 g/mol. The Kier molecular flexibility index (Phi) is 3.59. The van der Waals surface area contributed by atoms with Gasteiger partial charge in [0.25, 0.3) is 0 Å². The summed E-state index contributed by atoms with van der Waals surface area (Å²) < 4.78 is 0. The molecule has 0 aromatic heterocycles. The molecule has 0 aliphatic rings. The predicted octanol–water partition coefficient (Wildman–Crippen LogP) is 0.531. The molecule has 1 unspecified atom stereocenters. The van der Waals surface area contributed by atoms with E-state index in [0.29, 0.717) is 0 Å². The van der Waals surface area contributed by atoms with E-state index in [4.69, 9.17) is 10.2 Å². The van der Waals surface area contributed by atoms with Crippen molar-refractivity contribution in [3.63, 3.8) is 0 Å². The van der Waals surface area contributed by atoms with Gasteiger partial charge in [0, 0.05) is 0 Å². The summed E-state index contributed by atoms with van der Waals surface area (Å²) >= 11 is 0. The van der Waals surface area contributed by atoms with Crippen LogP contribution in [0.2, 0.25) is 0 Å². The average Bonchev–Trinajstić information content (AvgIpc) is 2.01. The van der Waals surface area contributed by atoms with Crippen LogP contribution in [-0.4, -0.2) is 27.9 Å². The molecular formula is C8H12O5. The number of hydrogen-bond acceptors (Lipinski definition) is 3. The summed E-state index contributed by atoms with van der Waals surface area (Å²) in [6.07, 6.45) is -0.648. The molecule has 0 saturated carbocycles. The number of Topliss-reactive ketones (excluding diaryl/α,β-unsaturated/α-hetero) is 1. The molecule has 5 nitrogen and oxygen atoms in total. The second kappa shape index (κ2) is 4.02. The Morgan fingerprint density at radius 3 is 1.92 bits per heavy atom. The SMILES string of the molecule is CCC(C)(C(=O)O)C(=O)CC(=O)O. The van der Waals surface area contributed by atoms with Crippen LogP contribution in [0, 0.1) is 5.41 Å². The van der Waals surface area contributed by atoms with Crippen LogP contribution >= 0.6 is 0 Å². The topological polar surface area (TPSA) is 91.7 Å². The number of hydrogen-bond donors (Lipinski definition) is 2. The van der Waals surface area contributed by atoms with Crippen LogP contribution < -0.4 is 0 Å². The fraction of sp³-hybridized carbons (Fsp3) is 0.625. The Bertz CT molecular complexity index is 245. The van der Waals surface area contributed by atoms with Gasteiger partial charge < -0.3 is 10.2 Å². The van der Waals surface area contributed by atoms with E-state index in [0.717, 1.165) is 0 Å². The van der Waals surface area contributed by atoms with Gasteiger partial charge in [-0.15, -0.1) is 0 Å². The Hall–Kier alpha value is -1.39.